The highest BCUT2D eigenvalue weighted by molar-refractivity contribution is 6.30. The van der Waals surface area contributed by atoms with E-state index in [4.69, 9.17) is 28.2 Å². The van der Waals surface area contributed by atoms with Gasteiger partial charge < -0.3 is 5.32 Å². The van der Waals surface area contributed by atoms with Crippen molar-refractivity contribution < 1.29 is 0 Å². The Kier molecular flexibility index (Phi) is 6.26. The van der Waals surface area contributed by atoms with E-state index in [1.54, 1.807) is 0 Å². The Hall–Kier alpha value is -2.95. The third-order valence-electron chi connectivity index (χ3n) is 4.54. The van der Waals surface area contributed by atoms with Crippen LogP contribution >= 0.6 is 23.2 Å². The molecule has 1 heterocycles. The van der Waals surface area contributed by atoms with Gasteiger partial charge in [-0.1, -0.05) is 65.2 Å². The summed E-state index contributed by atoms with van der Waals surface area (Å²) in [6.07, 6.45) is 1.13. The van der Waals surface area contributed by atoms with Gasteiger partial charge in [0.05, 0.1) is 0 Å². The Balaban J connectivity index is 1.66. The van der Waals surface area contributed by atoms with Crippen molar-refractivity contribution in [3.63, 3.8) is 0 Å². The molecule has 0 aliphatic heterocycles. The van der Waals surface area contributed by atoms with Crippen LogP contribution in [0.3, 0.4) is 0 Å². The lowest BCUT2D eigenvalue weighted by Gasteiger charge is -2.10. The molecule has 3 aromatic carbocycles. The second-order valence-corrected chi connectivity index (χ2v) is 7.97. The Morgan fingerprint density at radius 2 is 1.23 bits per heavy atom. The van der Waals surface area contributed by atoms with Crippen molar-refractivity contribution >= 4 is 34.8 Å². The Labute approximate surface area is 186 Å². The van der Waals surface area contributed by atoms with Crippen molar-refractivity contribution in [2.75, 3.05) is 5.32 Å². The van der Waals surface area contributed by atoms with Crippen molar-refractivity contribution in [2.24, 2.45) is 0 Å². The zero-order chi connectivity index (χ0) is 20.9. The van der Waals surface area contributed by atoms with Gasteiger partial charge in [0.2, 0.25) is 5.95 Å². The van der Waals surface area contributed by atoms with E-state index >= 15 is 0 Å². The van der Waals surface area contributed by atoms with Gasteiger partial charge in [-0.3, -0.25) is 0 Å². The highest BCUT2D eigenvalue weighted by Crippen LogP contribution is 2.19. The van der Waals surface area contributed by atoms with E-state index in [0.717, 1.165) is 16.8 Å². The number of nitrogens with zero attached hydrogens (tertiary/aromatic N) is 3. The fourth-order valence-corrected chi connectivity index (χ4v) is 3.53. The molecule has 150 valence electrons. The fraction of sp³-hybridized carbons (Fsp3) is 0.125. The number of halogens is 2. The normalized spacial score (nSPS) is 10.8. The molecule has 4 rings (SSSR count). The molecule has 0 unspecified atom stereocenters. The first-order valence-corrected chi connectivity index (χ1v) is 10.4. The Bertz CT molecular complexity index is 1090. The van der Waals surface area contributed by atoms with E-state index in [0.29, 0.717) is 40.5 Å². The summed E-state index contributed by atoms with van der Waals surface area (Å²) in [5.74, 6) is 1.88. The predicted octanol–water partition coefficient (Wildman–Crippen LogP) is 6.41. The zero-order valence-corrected chi connectivity index (χ0v) is 18.0. The third kappa shape index (κ3) is 5.56. The van der Waals surface area contributed by atoms with Gasteiger partial charge in [0.25, 0.3) is 0 Å². The molecule has 0 atom stereocenters. The standard InChI is InChI=1S/C24H20Cl2N4/c1-16-8-10-21(11-9-16)27-24-29-22(14-17-4-2-6-19(25)12-17)28-23(30-24)15-18-5-3-7-20(26)13-18/h2-13H,14-15H2,1H3,(H,27,28,29,30). The van der Waals surface area contributed by atoms with Crippen molar-refractivity contribution in [3.05, 3.63) is 111 Å². The molecule has 4 nitrogen and oxygen atoms in total. The van der Waals surface area contributed by atoms with Crippen LogP contribution in [0.2, 0.25) is 10.0 Å². The van der Waals surface area contributed by atoms with Gasteiger partial charge in [-0.2, -0.15) is 9.97 Å². The average Bonchev–Trinajstić information content (AvgIpc) is 2.70. The summed E-state index contributed by atoms with van der Waals surface area (Å²) in [6.45, 7) is 2.05. The van der Waals surface area contributed by atoms with Gasteiger partial charge in [0.15, 0.2) is 0 Å². The monoisotopic (exact) mass is 434 g/mol. The zero-order valence-electron chi connectivity index (χ0n) is 16.4. The van der Waals surface area contributed by atoms with E-state index in [1.807, 2.05) is 72.8 Å². The maximum Gasteiger partial charge on any atom is 0.230 e. The molecule has 0 saturated heterocycles. The minimum Gasteiger partial charge on any atom is -0.324 e. The minimum atomic E-state index is 0.517. The first-order chi connectivity index (χ1) is 14.5. The van der Waals surface area contributed by atoms with Gasteiger partial charge >= 0.3 is 0 Å². The Morgan fingerprint density at radius 3 is 1.73 bits per heavy atom. The number of aryl methyl sites for hydroxylation is 1. The van der Waals surface area contributed by atoms with E-state index in [9.17, 15) is 0 Å². The summed E-state index contributed by atoms with van der Waals surface area (Å²) in [5, 5.41) is 4.68. The van der Waals surface area contributed by atoms with Gasteiger partial charge in [0.1, 0.15) is 11.6 Å². The van der Waals surface area contributed by atoms with Crippen LogP contribution in [0.4, 0.5) is 11.6 Å². The van der Waals surface area contributed by atoms with Crippen LogP contribution in [0.1, 0.15) is 28.3 Å². The second-order valence-electron chi connectivity index (χ2n) is 7.10. The van der Waals surface area contributed by atoms with Gasteiger partial charge in [-0.15, -0.1) is 0 Å². The summed E-state index contributed by atoms with van der Waals surface area (Å²) < 4.78 is 0. The molecule has 0 aliphatic carbocycles. The lowest BCUT2D eigenvalue weighted by Crippen LogP contribution is -2.09. The van der Waals surface area contributed by atoms with E-state index in [1.165, 1.54) is 5.56 Å². The minimum absolute atomic E-state index is 0.517. The fourth-order valence-electron chi connectivity index (χ4n) is 3.11. The number of aromatic nitrogens is 3. The van der Waals surface area contributed by atoms with Crippen LogP contribution < -0.4 is 5.32 Å². The lowest BCUT2D eigenvalue weighted by molar-refractivity contribution is 0.856. The average molecular weight is 435 g/mol. The molecule has 0 saturated carbocycles. The maximum absolute atomic E-state index is 6.14. The van der Waals surface area contributed by atoms with Crippen LogP contribution in [-0.4, -0.2) is 15.0 Å². The van der Waals surface area contributed by atoms with Crippen LogP contribution in [0.5, 0.6) is 0 Å². The summed E-state index contributed by atoms with van der Waals surface area (Å²) in [4.78, 5) is 14.0. The first kappa shape index (κ1) is 20.3. The lowest BCUT2D eigenvalue weighted by atomic mass is 10.1. The van der Waals surface area contributed by atoms with Crippen molar-refractivity contribution in [3.8, 4) is 0 Å². The quantitative estimate of drug-likeness (QED) is 0.380. The van der Waals surface area contributed by atoms with Crippen LogP contribution in [0, 0.1) is 6.92 Å². The maximum atomic E-state index is 6.14. The molecule has 0 amide bonds. The van der Waals surface area contributed by atoms with Gasteiger partial charge in [-0.05, 0) is 54.4 Å². The number of hydrogen-bond donors (Lipinski definition) is 1. The van der Waals surface area contributed by atoms with Gasteiger partial charge in [0, 0.05) is 28.6 Å². The molecule has 0 spiro atoms. The van der Waals surface area contributed by atoms with Crippen LogP contribution in [0.15, 0.2) is 72.8 Å². The molecular formula is C24H20Cl2N4. The van der Waals surface area contributed by atoms with Crippen LogP contribution in [-0.2, 0) is 12.8 Å². The van der Waals surface area contributed by atoms with Gasteiger partial charge in [-0.25, -0.2) is 4.98 Å². The highest BCUT2D eigenvalue weighted by Gasteiger charge is 2.10. The van der Waals surface area contributed by atoms with Crippen molar-refractivity contribution in [1.82, 2.24) is 15.0 Å². The smallest absolute Gasteiger partial charge is 0.230 e. The number of nitrogens with one attached hydrogen (secondary N) is 1. The first-order valence-electron chi connectivity index (χ1n) is 9.60. The molecule has 0 radical (unpaired) electrons. The predicted molar refractivity (Wildman–Crippen MR) is 123 cm³/mol. The molecule has 1 N–H and O–H groups in total. The molecule has 30 heavy (non-hydrogen) atoms. The van der Waals surface area contributed by atoms with E-state index < -0.39 is 0 Å². The van der Waals surface area contributed by atoms with Crippen molar-refractivity contribution in [2.45, 2.75) is 19.8 Å². The van der Waals surface area contributed by atoms with Crippen LogP contribution in [0.25, 0.3) is 0 Å². The number of rotatable bonds is 6. The Morgan fingerprint density at radius 1 is 0.700 bits per heavy atom. The molecule has 6 heteroatoms. The molecule has 4 aromatic rings. The number of anilines is 2. The topological polar surface area (TPSA) is 50.7 Å². The summed E-state index contributed by atoms with van der Waals surface area (Å²) in [5.41, 5.74) is 4.21. The second kappa shape index (κ2) is 9.24. The largest absolute Gasteiger partial charge is 0.324 e. The molecule has 0 bridgehead atoms. The molecule has 0 fully saturated rings. The molecule has 1 aromatic heterocycles. The number of benzene rings is 3. The summed E-state index contributed by atoms with van der Waals surface area (Å²) in [6, 6.07) is 23.5. The van der Waals surface area contributed by atoms with Crippen molar-refractivity contribution in [1.29, 1.82) is 0 Å². The highest BCUT2D eigenvalue weighted by atomic mass is 35.5. The van der Waals surface area contributed by atoms with E-state index in [2.05, 4.69) is 22.2 Å². The summed E-state index contributed by atoms with van der Waals surface area (Å²) >= 11 is 12.3. The molecule has 0 aliphatic rings. The number of hydrogen-bond acceptors (Lipinski definition) is 4. The third-order valence-corrected chi connectivity index (χ3v) is 5.01. The molecular weight excluding hydrogens is 415 g/mol. The SMILES string of the molecule is Cc1ccc(Nc2nc(Cc3cccc(Cl)c3)nc(Cc3cccc(Cl)c3)n2)cc1. The summed E-state index contributed by atoms with van der Waals surface area (Å²) in [7, 11) is 0. The van der Waals surface area contributed by atoms with E-state index in [-0.39, 0.29) is 0 Å².